The number of carbonyl (C=O) groups is 3. The molecule has 0 saturated carbocycles. The van der Waals surface area contributed by atoms with Crippen LogP contribution in [0.4, 0.5) is 0 Å². The third-order valence-electron chi connectivity index (χ3n) is 3.86. The fraction of sp³-hybridized carbons (Fsp3) is 0.250. The van der Waals surface area contributed by atoms with Gasteiger partial charge in [-0.15, -0.1) is 0 Å². The summed E-state index contributed by atoms with van der Waals surface area (Å²) in [6.45, 7) is 1.01. The first-order valence-corrected chi connectivity index (χ1v) is 8.71. The van der Waals surface area contributed by atoms with E-state index in [9.17, 15) is 14.4 Å². The maximum Gasteiger partial charge on any atom is 0.328 e. The Bertz CT molecular complexity index is 865. The summed E-state index contributed by atoms with van der Waals surface area (Å²) in [6, 6.07) is 9.92. The highest BCUT2D eigenvalue weighted by Crippen LogP contribution is 2.27. The SMILES string of the molecule is COc1ccc(C(=O)COC(=O)[C@H](C)NC(=O)c2ccc(Cl)cc2)cc1OC. The van der Waals surface area contributed by atoms with Crippen molar-refractivity contribution in [3.8, 4) is 11.5 Å². The molecule has 1 N–H and O–H groups in total. The number of ketones is 1. The van der Waals surface area contributed by atoms with Crippen LogP contribution in [0.2, 0.25) is 5.02 Å². The van der Waals surface area contributed by atoms with Gasteiger partial charge in [0.1, 0.15) is 6.04 Å². The molecular weight excluding hydrogens is 386 g/mol. The normalized spacial score (nSPS) is 11.3. The third-order valence-corrected chi connectivity index (χ3v) is 4.11. The number of Topliss-reactive ketones (excluding diaryl/α,β-unsaturated/α-hetero) is 1. The highest BCUT2D eigenvalue weighted by molar-refractivity contribution is 6.30. The zero-order valence-electron chi connectivity index (χ0n) is 15.7. The van der Waals surface area contributed by atoms with E-state index in [4.69, 9.17) is 25.8 Å². The number of rotatable bonds is 8. The molecule has 0 heterocycles. The lowest BCUT2D eigenvalue weighted by Crippen LogP contribution is -2.40. The van der Waals surface area contributed by atoms with Crippen LogP contribution in [0.15, 0.2) is 42.5 Å². The summed E-state index contributed by atoms with van der Waals surface area (Å²) in [5, 5.41) is 3.01. The van der Waals surface area contributed by atoms with E-state index in [1.54, 1.807) is 24.3 Å². The van der Waals surface area contributed by atoms with Crippen molar-refractivity contribution in [2.24, 2.45) is 0 Å². The molecule has 1 amide bonds. The van der Waals surface area contributed by atoms with Crippen molar-refractivity contribution in [1.82, 2.24) is 5.32 Å². The van der Waals surface area contributed by atoms with Crippen LogP contribution in [-0.4, -0.2) is 44.5 Å². The first-order valence-electron chi connectivity index (χ1n) is 8.34. The molecule has 0 saturated heterocycles. The van der Waals surface area contributed by atoms with Gasteiger partial charge in [0, 0.05) is 16.1 Å². The van der Waals surface area contributed by atoms with E-state index >= 15 is 0 Å². The molecule has 8 heteroatoms. The van der Waals surface area contributed by atoms with Crippen LogP contribution in [0.25, 0.3) is 0 Å². The fourth-order valence-electron chi connectivity index (χ4n) is 2.29. The van der Waals surface area contributed by atoms with E-state index < -0.39 is 30.3 Å². The fourth-order valence-corrected chi connectivity index (χ4v) is 2.42. The number of benzene rings is 2. The van der Waals surface area contributed by atoms with Crippen molar-refractivity contribution in [2.75, 3.05) is 20.8 Å². The predicted octanol–water partition coefficient (Wildman–Crippen LogP) is 2.90. The van der Waals surface area contributed by atoms with Crippen molar-refractivity contribution in [3.63, 3.8) is 0 Å². The first-order chi connectivity index (χ1) is 13.3. The molecule has 0 aliphatic carbocycles. The Morgan fingerprint density at radius 1 is 0.964 bits per heavy atom. The van der Waals surface area contributed by atoms with Gasteiger partial charge in [-0.05, 0) is 49.4 Å². The monoisotopic (exact) mass is 405 g/mol. The average molecular weight is 406 g/mol. The number of hydrogen-bond acceptors (Lipinski definition) is 6. The number of nitrogens with one attached hydrogen (secondary N) is 1. The largest absolute Gasteiger partial charge is 0.493 e. The molecule has 0 aliphatic rings. The molecular formula is C20H20ClNO6. The Balaban J connectivity index is 1.91. The van der Waals surface area contributed by atoms with E-state index in [0.29, 0.717) is 27.6 Å². The summed E-state index contributed by atoms with van der Waals surface area (Å²) in [5.74, 6) is -0.716. The molecule has 0 fully saturated rings. The van der Waals surface area contributed by atoms with Crippen molar-refractivity contribution in [1.29, 1.82) is 0 Å². The molecule has 2 rings (SSSR count). The molecule has 2 aromatic carbocycles. The van der Waals surface area contributed by atoms with E-state index in [0.717, 1.165) is 0 Å². The molecule has 2 aromatic rings. The van der Waals surface area contributed by atoms with Gasteiger partial charge in [-0.1, -0.05) is 11.6 Å². The summed E-state index contributed by atoms with van der Waals surface area (Å²) >= 11 is 5.78. The number of halogens is 1. The molecule has 148 valence electrons. The maximum atomic E-state index is 12.2. The summed E-state index contributed by atoms with van der Waals surface area (Å²) in [6.07, 6.45) is 0. The number of carbonyl (C=O) groups excluding carboxylic acids is 3. The Kier molecular flexibility index (Phi) is 7.40. The summed E-state index contributed by atoms with van der Waals surface area (Å²) in [5.41, 5.74) is 0.661. The van der Waals surface area contributed by atoms with Gasteiger partial charge in [0.15, 0.2) is 23.9 Å². The minimum Gasteiger partial charge on any atom is -0.493 e. The second-order valence-electron chi connectivity index (χ2n) is 5.80. The van der Waals surface area contributed by atoms with Crippen molar-refractivity contribution in [3.05, 3.63) is 58.6 Å². The highest BCUT2D eigenvalue weighted by atomic mass is 35.5. The molecule has 28 heavy (non-hydrogen) atoms. The first kappa shape index (κ1) is 21.2. The van der Waals surface area contributed by atoms with Crippen LogP contribution in [-0.2, 0) is 9.53 Å². The molecule has 0 spiro atoms. The number of amides is 1. The van der Waals surface area contributed by atoms with Gasteiger partial charge in [0.2, 0.25) is 0 Å². The lowest BCUT2D eigenvalue weighted by atomic mass is 10.1. The van der Waals surface area contributed by atoms with Gasteiger partial charge in [-0.3, -0.25) is 9.59 Å². The van der Waals surface area contributed by atoms with Crippen LogP contribution in [0, 0.1) is 0 Å². The Labute approximate surface area is 167 Å². The molecule has 1 atom stereocenters. The van der Waals surface area contributed by atoms with Gasteiger partial charge in [0.25, 0.3) is 5.91 Å². The van der Waals surface area contributed by atoms with Crippen LogP contribution in [0.3, 0.4) is 0 Å². The lowest BCUT2D eigenvalue weighted by molar-refractivity contribution is -0.144. The predicted molar refractivity (Wildman–Crippen MR) is 103 cm³/mol. The topological polar surface area (TPSA) is 90.9 Å². The van der Waals surface area contributed by atoms with Crippen molar-refractivity contribution >= 4 is 29.3 Å². The van der Waals surface area contributed by atoms with Crippen LogP contribution >= 0.6 is 11.6 Å². The maximum absolute atomic E-state index is 12.2. The van der Waals surface area contributed by atoms with E-state index in [2.05, 4.69) is 5.32 Å². The zero-order chi connectivity index (χ0) is 20.7. The van der Waals surface area contributed by atoms with Gasteiger partial charge in [-0.25, -0.2) is 4.79 Å². The summed E-state index contributed by atoms with van der Waals surface area (Å²) in [7, 11) is 2.94. The molecule has 0 radical (unpaired) electrons. The minimum absolute atomic E-state index is 0.309. The summed E-state index contributed by atoms with van der Waals surface area (Å²) < 4.78 is 15.3. The molecule has 0 bridgehead atoms. The zero-order valence-corrected chi connectivity index (χ0v) is 16.4. The van der Waals surface area contributed by atoms with Gasteiger partial charge in [0.05, 0.1) is 14.2 Å². The van der Waals surface area contributed by atoms with E-state index in [1.807, 2.05) is 0 Å². The van der Waals surface area contributed by atoms with Gasteiger partial charge >= 0.3 is 5.97 Å². The standard InChI is InChI=1S/C20H20ClNO6/c1-12(22-19(24)13-4-7-15(21)8-5-13)20(25)28-11-16(23)14-6-9-17(26-2)18(10-14)27-3/h4-10,12H,11H2,1-3H3,(H,22,24)/t12-/m0/s1. The van der Waals surface area contributed by atoms with Gasteiger partial charge in [-0.2, -0.15) is 0 Å². The summed E-state index contributed by atoms with van der Waals surface area (Å²) in [4.78, 5) is 36.4. The number of hydrogen-bond donors (Lipinski definition) is 1. The van der Waals surface area contributed by atoms with Crippen molar-refractivity contribution < 1.29 is 28.6 Å². The Hall–Kier alpha value is -3.06. The molecule has 7 nitrogen and oxygen atoms in total. The molecule has 0 unspecified atom stereocenters. The Morgan fingerprint density at radius 2 is 1.57 bits per heavy atom. The quantitative estimate of drug-likeness (QED) is 0.536. The van der Waals surface area contributed by atoms with E-state index in [-0.39, 0.29) is 0 Å². The number of esters is 1. The van der Waals surface area contributed by atoms with Crippen molar-refractivity contribution in [2.45, 2.75) is 13.0 Å². The second-order valence-corrected chi connectivity index (χ2v) is 6.24. The smallest absolute Gasteiger partial charge is 0.328 e. The van der Waals surface area contributed by atoms with Crippen LogP contribution in [0.1, 0.15) is 27.6 Å². The Morgan fingerprint density at radius 3 is 2.18 bits per heavy atom. The van der Waals surface area contributed by atoms with Crippen LogP contribution < -0.4 is 14.8 Å². The number of methoxy groups -OCH3 is 2. The minimum atomic E-state index is -0.929. The molecule has 0 aromatic heterocycles. The van der Waals surface area contributed by atoms with Crippen LogP contribution in [0.5, 0.6) is 11.5 Å². The molecule has 0 aliphatic heterocycles. The number of ether oxygens (including phenoxy) is 3. The average Bonchev–Trinajstić information content (AvgIpc) is 2.71. The van der Waals surface area contributed by atoms with E-state index in [1.165, 1.54) is 39.3 Å². The van der Waals surface area contributed by atoms with Gasteiger partial charge < -0.3 is 19.5 Å². The second kappa shape index (κ2) is 9.75. The third kappa shape index (κ3) is 5.47. The highest BCUT2D eigenvalue weighted by Gasteiger charge is 2.20. The lowest BCUT2D eigenvalue weighted by Gasteiger charge is -2.13.